The van der Waals surface area contributed by atoms with Crippen LogP contribution in [0.2, 0.25) is 0 Å². The topological polar surface area (TPSA) is 67.6 Å². The van der Waals surface area contributed by atoms with Crippen LogP contribution >= 0.6 is 0 Å². The van der Waals surface area contributed by atoms with Gasteiger partial charge in [0.05, 0.1) is 23.8 Å². The highest BCUT2D eigenvalue weighted by Crippen LogP contribution is 2.37. The van der Waals surface area contributed by atoms with Crippen molar-refractivity contribution in [3.63, 3.8) is 0 Å². The zero-order chi connectivity index (χ0) is 19.1. The van der Waals surface area contributed by atoms with Gasteiger partial charge in [-0.15, -0.1) is 0 Å². The van der Waals surface area contributed by atoms with Gasteiger partial charge in [0.1, 0.15) is 11.9 Å². The van der Waals surface area contributed by atoms with E-state index < -0.39 is 6.10 Å². The third-order valence-corrected chi connectivity index (χ3v) is 5.41. The van der Waals surface area contributed by atoms with Gasteiger partial charge in [0.15, 0.2) is 0 Å². The fraction of sp³-hybridized carbons (Fsp3) is 0.333. The predicted octanol–water partition coefficient (Wildman–Crippen LogP) is 3.56. The monoisotopic (exact) mass is 365 g/mol. The quantitative estimate of drug-likeness (QED) is 0.754. The van der Waals surface area contributed by atoms with Crippen LogP contribution in [0.5, 0.6) is 0 Å². The third kappa shape index (κ3) is 2.77. The zero-order valence-electron chi connectivity index (χ0n) is 15.7. The molecule has 1 aliphatic rings. The number of anilines is 1. The summed E-state index contributed by atoms with van der Waals surface area (Å²) in [6.45, 7) is 2.02. The van der Waals surface area contributed by atoms with Gasteiger partial charge in [-0.3, -0.25) is 4.90 Å². The zero-order valence-corrected chi connectivity index (χ0v) is 15.7. The first-order valence-corrected chi connectivity index (χ1v) is 9.11. The summed E-state index contributed by atoms with van der Waals surface area (Å²) < 4.78 is 6.90. The van der Waals surface area contributed by atoms with E-state index in [-0.39, 0.29) is 12.1 Å². The van der Waals surface area contributed by atoms with Gasteiger partial charge in [0, 0.05) is 18.7 Å². The predicted molar refractivity (Wildman–Crippen MR) is 104 cm³/mol. The van der Waals surface area contributed by atoms with Crippen LogP contribution < -0.4 is 4.90 Å². The minimum atomic E-state index is -0.807. The van der Waals surface area contributed by atoms with Crippen molar-refractivity contribution in [2.45, 2.75) is 31.9 Å². The molecule has 0 radical (unpaired) electrons. The number of rotatable bonds is 2. The number of aromatic nitrogens is 2. The number of methoxy groups -OCH3 is 1. The van der Waals surface area contributed by atoms with Crippen LogP contribution in [0.3, 0.4) is 0 Å². The Bertz CT molecular complexity index is 997. The number of carbonyl (C=O) groups is 1. The number of hydrogen-bond donors (Lipinski definition) is 1. The van der Waals surface area contributed by atoms with E-state index >= 15 is 0 Å². The lowest BCUT2D eigenvalue weighted by Gasteiger charge is -2.34. The summed E-state index contributed by atoms with van der Waals surface area (Å²) in [5, 5.41) is 10.8. The van der Waals surface area contributed by atoms with Crippen molar-refractivity contribution >= 4 is 22.8 Å². The van der Waals surface area contributed by atoms with E-state index in [9.17, 15) is 9.90 Å². The van der Waals surface area contributed by atoms with Gasteiger partial charge >= 0.3 is 6.09 Å². The van der Waals surface area contributed by atoms with E-state index in [0.717, 1.165) is 40.7 Å². The molecule has 0 saturated heterocycles. The molecule has 3 aromatic rings. The Kier molecular flexibility index (Phi) is 4.36. The molecular weight excluding hydrogens is 342 g/mol. The Balaban J connectivity index is 1.85. The molecule has 1 amide bonds. The first-order valence-electron chi connectivity index (χ1n) is 9.11. The van der Waals surface area contributed by atoms with Crippen LogP contribution in [0.25, 0.3) is 11.0 Å². The average Bonchev–Trinajstić information content (AvgIpc) is 3.04. The second-order valence-electron chi connectivity index (χ2n) is 7.00. The van der Waals surface area contributed by atoms with Crippen LogP contribution in [0.1, 0.15) is 36.4 Å². The van der Waals surface area contributed by atoms with E-state index in [1.54, 1.807) is 4.90 Å². The van der Waals surface area contributed by atoms with Gasteiger partial charge in [-0.25, -0.2) is 9.78 Å². The molecule has 0 spiro atoms. The van der Waals surface area contributed by atoms with Crippen molar-refractivity contribution in [3.05, 3.63) is 59.4 Å². The molecule has 27 heavy (non-hydrogen) atoms. The molecule has 1 aliphatic heterocycles. The summed E-state index contributed by atoms with van der Waals surface area (Å²) in [5.41, 5.74) is 4.44. The lowest BCUT2D eigenvalue weighted by atomic mass is 9.96. The number of aliphatic hydroxyl groups is 1. The Labute approximate surface area is 158 Å². The summed E-state index contributed by atoms with van der Waals surface area (Å²) in [6, 6.07) is 13.5. The summed E-state index contributed by atoms with van der Waals surface area (Å²) in [5.74, 6) is 0.591. The van der Waals surface area contributed by atoms with E-state index in [2.05, 4.69) is 0 Å². The summed E-state index contributed by atoms with van der Waals surface area (Å²) in [4.78, 5) is 18.8. The van der Waals surface area contributed by atoms with E-state index in [4.69, 9.17) is 9.72 Å². The smallest absolute Gasteiger partial charge is 0.414 e. The van der Waals surface area contributed by atoms with Crippen LogP contribution in [0, 0.1) is 0 Å². The standard InChI is InChI=1S/C21H23N3O3/c1-13-9-10-15-16(24(13)21(26)27-3)11-12-17-18(15)22-20(23(17)2)19(25)14-7-5-4-6-8-14/h4-8,11-13,19,25H,9-10H2,1-3H3/t13-,19-/m1/s1. The van der Waals surface area contributed by atoms with Crippen molar-refractivity contribution in [1.82, 2.24) is 9.55 Å². The third-order valence-electron chi connectivity index (χ3n) is 5.41. The summed E-state index contributed by atoms with van der Waals surface area (Å²) in [6.07, 6.45) is 0.509. The number of hydrogen-bond acceptors (Lipinski definition) is 4. The number of amides is 1. The molecule has 2 aromatic carbocycles. The second kappa shape index (κ2) is 6.70. The number of nitrogens with zero attached hydrogens (tertiary/aromatic N) is 3. The maximum Gasteiger partial charge on any atom is 0.414 e. The van der Waals surface area contributed by atoms with Gasteiger partial charge in [-0.2, -0.15) is 0 Å². The van der Waals surface area contributed by atoms with Crippen LogP contribution in [0.15, 0.2) is 42.5 Å². The number of aliphatic hydroxyl groups excluding tert-OH is 1. The number of carbonyl (C=O) groups excluding carboxylic acids is 1. The van der Waals surface area contributed by atoms with Crippen LogP contribution in [-0.4, -0.2) is 33.9 Å². The van der Waals surface area contributed by atoms with Crippen LogP contribution in [-0.2, 0) is 18.2 Å². The minimum absolute atomic E-state index is 0.0699. The van der Waals surface area contributed by atoms with E-state index in [1.807, 2.05) is 61.0 Å². The van der Waals surface area contributed by atoms with Crippen molar-refractivity contribution in [2.75, 3.05) is 12.0 Å². The Morgan fingerprint density at radius 2 is 2.00 bits per heavy atom. The molecule has 140 valence electrons. The van der Waals surface area contributed by atoms with E-state index in [1.165, 1.54) is 7.11 Å². The molecular formula is C21H23N3O3. The van der Waals surface area contributed by atoms with Crippen molar-refractivity contribution in [1.29, 1.82) is 0 Å². The molecule has 0 aliphatic carbocycles. The fourth-order valence-electron chi connectivity index (χ4n) is 3.92. The number of fused-ring (bicyclic) bond motifs is 3. The molecule has 0 unspecified atom stereocenters. The number of benzene rings is 2. The van der Waals surface area contributed by atoms with E-state index in [0.29, 0.717) is 5.82 Å². The highest BCUT2D eigenvalue weighted by molar-refractivity contribution is 5.95. The number of ether oxygens (including phenoxy) is 1. The molecule has 2 heterocycles. The molecule has 4 rings (SSSR count). The molecule has 0 saturated carbocycles. The van der Waals surface area contributed by atoms with Crippen molar-refractivity contribution in [3.8, 4) is 0 Å². The largest absolute Gasteiger partial charge is 0.452 e. The summed E-state index contributed by atoms with van der Waals surface area (Å²) >= 11 is 0. The normalized spacial score (nSPS) is 17.6. The first kappa shape index (κ1) is 17.5. The van der Waals surface area contributed by atoms with Gasteiger partial charge in [0.25, 0.3) is 0 Å². The number of aryl methyl sites for hydroxylation is 2. The van der Waals surface area contributed by atoms with Gasteiger partial charge < -0.3 is 14.4 Å². The maximum absolute atomic E-state index is 12.3. The molecule has 6 heteroatoms. The van der Waals surface area contributed by atoms with Gasteiger partial charge in [0.2, 0.25) is 0 Å². The SMILES string of the molecule is COC(=O)N1c2ccc3c(nc([C@H](O)c4ccccc4)n3C)c2CC[C@H]1C. The van der Waals surface area contributed by atoms with Gasteiger partial charge in [-0.1, -0.05) is 30.3 Å². The van der Waals surface area contributed by atoms with Crippen molar-refractivity contribution < 1.29 is 14.6 Å². The Morgan fingerprint density at radius 3 is 2.70 bits per heavy atom. The molecule has 0 bridgehead atoms. The van der Waals surface area contributed by atoms with Crippen LogP contribution in [0.4, 0.5) is 10.5 Å². The second-order valence-corrected chi connectivity index (χ2v) is 7.00. The maximum atomic E-state index is 12.3. The lowest BCUT2D eigenvalue weighted by molar-refractivity contribution is 0.175. The molecule has 1 aromatic heterocycles. The van der Waals surface area contributed by atoms with Crippen molar-refractivity contribution in [2.24, 2.45) is 7.05 Å². The first-order chi connectivity index (χ1) is 13.0. The molecule has 0 fully saturated rings. The Hall–Kier alpha value is -2.86. The lowest BCUT2D eigenvalue weighted by Crippen LogP contribution is -2.42. The minimum Gasteiger partial charge on any atom is -0.452 e. The average molecular weight is 365 g/mol. The molecule has 2 atom stereocenters. The summed E-state index contributed by atoms with van der Waals surface area (Å²) in [7, 11) is 3.31. The highest BCUT2D eigenvalue weighted by Gasteiger charge is 2.31. The number of imidazole rings is 1. The molecule has 6 nitrogen and oxygen atoms in total. The molecule has 1 N–H and O–H groups in total. The van der Waals surface area contributed by atoms with Gasteiger partial charge in [-0.05, 0) is 37.5 Å². The fourth-order valence-corrected chi connectivity index (χ4v) is 3.92. The Morgan fingerprint density at radius 1 is 1.26 bits per heavy atom. The highest BCUT2D eigenvalue weighted by atomic mass is 16.5.